The van der Waals surface area contributed by atoms with Crippen molar-refractivity contribution in [2.24, 2.45) is 0 Å². The molecule has 88 valence electrons. The van der Waals surface area contributed by atoms with Crippen molar-refractivity contribution in [2.75, 3.05) is 31.6 Å². The van der Waals surface area contributed by atoms with Crippen LogP contribution in [0, 0.1) is 0 Å². The number of likely N-dealkylation sites (N-methyl/N-ethyl adjacent to an activating group) is 1. The highest BCUT2D eigenvalue weighted by atomic mass is 16.3. The van der Waals surface area contributed by atoms with Crippen molar-refractivity contribution < 1.29 is 5.11 Å². The zero-order chi connectivity index (χ0) is 11.4. The SMILES string of the molecule is CNCC1(O)CCCN(c2cnccn2)C1. The molecule has 0 radical (unpaired) electrons. The number of aromatic nitrogens is 2. The molecule has 5 nitrogen and oxygen atoms in total. The van der Waals surface area contributed by atoms with Gasteiger partial charge in [0, 0.05) is 32.0 Å². The normalized spacial score (nSPS) is 25.8. The van der Waals surface area contributed by atoms with Crippen molar-refractivity contribution in [1.82, 2.24) is 15.3 Å². The summed E-state index contributed by atoms with van der Waals surface area (Å²) in [5.41, 5.74) is -0.648. The van der Waals surface area contributed by atoms with E-state index < -0.39 is 5.60 Å². The Morgan fingerprint density at radius 3 is 3.12 bits per heavy atom. The molecule has 0 aliphatic carbocycles. The molecule has 1 aliphatic rings. The predicted octanol–water partition coefficient (Wildman–Crippen LogP) is 0.0273. The maximum atomic E-state index is 10.4. The summed E-state index contributed by atoms with van der Waals surface area (Å²) in [7, 11) is 1.86. The number of nitrogens with one attached hydrogen (secondary N) is 1. The van der Waals surface area contributed by atoms with Gasteiger partial charge in [0.25, 0.3) is 0 Å². The Morgan fingerprint density at radius 2 is 2.44 bits per heavy atom. The number of nitrogens with zero attached hydrogens (tertiary/aromatic N) is 3. The van der Waals surface area contributed by atoms with Gasteiger partial charge in [-0.15, -0.1) is 0 Å². The number of aliphatic hydroxyl groups is 1. The van der Waals surface area contributed by atoms with Gasteiger partial charge in [0.1, 0.15) is 5.82 Å². The zero-order valence-corrected chi connectivity index (χ0v) is 9.56. The minimum atomic E-state index is -0.648. The summed E-state index contributed by atoms with van der Waals surface area (Å²) in [6.45, 7) is 2.17. The second-order valence-corrected chi connectivity index (χ2v) is 4.34. The maximum Gasteiger partial charge on any atom is 0.147 e. The molecule has 1 atom stereocenters. The van der Waals surface area contributed by atoms with Crippen LogP contribution in [0.5, 0.6) is 0 Å². The van der Waals surface area contributed by atoms with E-state index in [-0.39, 0.29) is 0 Å². The molecule has 2 rings (SSSR count). The first-order chi connectivity index (χ1) is 7.73. The summed E-state index contributed by atoms with van der Waals surface area (Å²) in [5.74, 6) is 0.844. The molecule has 1 aromatic rings. The van der Waals surface area contributed by atoms with E-state index in [1.807, 2.05) is 7.05 Å². The number of anilines is 1. The Bertz CT molecular complexity index is 328. The van der Waals surface area contributed by atoms with Crippen LogP contribution in [0.15, 0.2) is 18.6 Å². The van der Waals surface area contributed by atoms with Gasteiger partial charge in [-0.2, -0.15) is 0 Å². The molecule has 0 saturated carbocycles. The first-order valence-corrected chi connectivity index (χ1v) is 5.61. The van der Waals surface area contributed by atoms with E-state index in [9.17, 15) is 5.11 Å². The number of hydrogen-bond acceptors (Lipinski definition) is 5. The van der Waals surface area contributed by atoms with Gasteiger partial charge in [-0.05, 0) is 19.9 Å². The Hall–Kier alpha value is -1.20. The average Bonchev–Trinajstić information content (AvgIpc) is 2.30. The smallest absolute Gasteiger partial charge is 0.147 e. The minimum Gasteiger partial charge on any atom is -0.387 e. The number of rotatable bonds is 3. The summed E-state index contributed by atoms with van der Waals surface area (Å²) < 4.78 is 0. The summed E-state index contributed by atoms with van der Waals surface area (Å²) in [4.78, 5) is 10.4. The standard InChI is InChI=1S/C11H18N4O/c1-12-8-11(16)3-2-6-15(9-11)10-7-13-4-5-14-10/h4-5,7,12,16H,2-3,6,8-9H2,1H3. The van der Waals surface area contributed by atoms with Crippen LogP contribution in [0.2, 0.25) is 0 Å². The van der Waals surface area contributed by atoms with Crippen LogP contribution >= 0.6 is 0 Å². The van der Waals surface area contributed by atoms with Gasteiger partial charge < -0.3 is 15.3 Å². The molecule has 1 saturated heterocycles. The highest BCUT2D eigenvalue weighted by Gasteiger charge is 2.33. The maximum absolute atomic E-state index is 10.4. The highest BCUT2D eigenvalue weighted by Crippen LogP contribution is 2.23. The van der Waals surface area contributed by atoms with Gasteiger partial charge in [-0.3, -0.25) is 4.98 Å². The van der Waals surface area contributed by atoms with Crippen molar-refractivity contribution in [2.45, 2.75) is 18.4 Å². The van der Waals surface area contributed by atoms with Crippen LogP contribution in [-0.2, 0) is 0 Å². The van der Waals surface area contributed by atoms with Crippen molar-refractivity contribution in [3.63, 3.8) is 0 Å². The molecule has 16 heavy (non-hydrogen) atoms. The molecule has 0 spiro atoms. The Balaban J connectivity index is 2.07. The average molecular weight is 222 g/mol. The van der Waals surface area contributed by atoms with Crippen molar-refractivity contribution in [1.29, 1.82) is 0 Å². The number of hydrogen-bond donors (Lipinski definition) is 2. The van der Waals surface area contributed by atoms with Gasteiger partial charge in [0.2, 0.25) is 0 Å². The van der Waals surface area contributed by atoms with Crippen molar-refractivity contribution >= 4 is 5.82 Å². The highest BCUT2D eigenvalue weighted by molar-refractivity contribution is 5.36. The van der Waals surface area contributed by atoms with E-state index >= 15 is 0 Å². The second kappa shape index (κ2) is 4.76. The molecule has 0 amide bonds. The molecule has 0 bridgehead atoms. The Morgan fingerprint density at radius 1 is 1.56 bits per heavy atom. The lowest BCUT2D eigenvalue weighted by molar-refractivity contribution is 0.0279. The third kappa shape index (κ3) is 2.48. The zero-order valence-electron chi connectivity index (χ0n) is 9.56. The summed E-state index contributed by atoms with van der Waals surface area (Å²) in [6.07, 6.45) is 6.90. The lowest BCUT2D eigenvalue weighted by atomic mass is 9.93. The van der Waals surface area contributed by atoms with Crippen LogP contribution < -0.4 is 10.2 Å². The predicted molar refractivity (Wildman–Crippen MR) is 62.4 cm³/mol. The fraction of sp³-hybridized carbons (Fsp3) is 0.636. The molecule has 1 fully saturated rings. The molecule has 5 heteroatoms. The van der Waals surface area contributed by atoms with Gasteiger partial charge in [-0.1, -0.05) is 0 Å². The van der Waals surface area contributed by atoms with Crippen LogP contribution in [0.25, 0.3) is 0 Å². The van der Waals surface area contributed by atoms with E-state index in [1.54, 1.807) is 18.6 Å². The van der Waals surface area contributed by atoms with E-state index in [0.717, 1.165) is 25.2 Å². The first kappa shape index (κ1) is 11.3. The summed E-state index contributed by atoms with van der Waals surface area (Å²) >= 11 is 0. The van der Waals surface area contributed by atoms with Gasteiger partial charge in [-0.25, -0.2) is 4.98 Å². The fourth-order valence-electron chi connectivity index (χ4n) is 2.24. The van der Waals surface area contributed by atoms with Gasteiger partial charge in [0.05, 0.1) is 11.8 Å². The van der Waals surface area contributed by atoms with Crippen LogP contribution in [0.3, 0.4) is 0 Å². The third-order valence-electron chi connectivity index (χ3n) is 2.93. The molecule has 1 aliphatic heterocycles. The van der Waals surface area contributed by atoms with E-state index in [0.29, 0.717) is 13.1 Å². The monoisotopic (exact) mass is 222 g/mol. The first-order valence-electron chi connectivity index (χ1n) is 5.61. The van der Waals surface area contributed by atoms with Gasteiger partial charge in [0.15, 0.2) is 0 Å². The Labute approximate surface area is 95.5 Å². The van der Waals surface area contributed by atoms with Gasteiger partial charge >= 0.3 is 0 Å². The molecular formula is C11H18N4O. The second-order valence-electron chi connectivity index (χ2n) is 4.34. The molecular weight excluding hydrogens is 204 g/mol. The summed E-state index contributed by atoms with van der Waals surface area (Å²) in [6, 6.07) is 0. The van der Waals surface area contributed by atoms with Crippen molar-refractivity contribution in [3.8, 4) is 0 Å². The molecule has 1 unspecified atom stereocenters. The van der Waals surface area contributed by atoms with E-state index in [1.165, 1.54) is 0 Å². The number of β-amino-alcohol motifs (C(OH)–C–C–N with tert-alkyl or cyclic N) is 1. The summed E-state index contributed by atoms with van der Waals surface area (Å²) in [5, 5.41) is 13.4. The van der Waals surface area contributed by atoms with Crippen LogP contribution in [0.4, 0.5) is 5.82 Å². The van der Waals surface area contributed by atoms with Crippen molar-refractivity contribution in [3.05, 3.63) is 18.6 Å². The lowest BCUT2D eigenvalue weighted by Gasteiger charge is -2.39. The molecule has 1 aromatic heterocycles. The van der Waals surface area contributed by atoms with Crippen LogP contribution in [-0.4, -0.2) is 47.4 Å². The molecule has 2 heterocycles. The fourth-order valence-corrected chi connectivity index (χ4v) is 2.24. The molecule has 2 N–H and O–H groups in total. The van der Waals surface area contributed by atoms with E-state index in [2.05, 4.69) is 20.2 Å². The van der Waals surface area contributed by atoms with E-state index in [4.69, 9.17) is 0 Å². The lowest BCUT2D eigenvalue weighted by Crippen LogP contribution is -2.53. The third-order valence-corrected chi connectivity index (χ3v) is 2.93. The minimum absolute atomic E-state index is 0.615. The largest absolute Gasteiger partial charge is 0.387 e. The Kier molecular flexibility index (Phi) is 3.36. The topological polar surface area (TPSA) is 61.3 Å². The van der Waals surface area contributed by atoms with Crippen LogP contribution in [0.1, 0.15) is 12.8 Å². The number of piperidine rings is 1. The molecule has 0 aromatic carbocycles. The quantitative estimate of drug-likeness (QED) is 0.755.